The van der Waals surface area contributed by atoms with Gasteiger partial charge in [-0.3, -0.25) is 0 Å². The zero-order chi connectivity index (χ0) is 15.1. The van der Waals surface area contributed by atoms with Crippen LogP contribution < -0.4 is 10.1 Å². The fourth-order valence-electron chi connectivity index (χ4n) is 2.14. The number of hydrogen-bond acceptors (Lipinski definition) is 3. The molecule has 0 saturated heterocycles. The molecule has 0 unspecified atom stereocenters. The molecule has 0 aliphatic rings. The lowest BCUT2D eigenvalue weighted by atomic mass is 10.1. The van der Waals surface area contributed by atoms with Crippen LogP contribution in [0.15, 0.2) is 46.9 Å². The number of halogens is 1. The Balaban J connectivity index is 2.04. The van der Waals surface area contributed by atoms with Crippen molar-refractivity contribution < 1.29 is 9.47 Å². The summed E-state index contributed by atoms with van der Waals surface area (Å²) in [5.41, 5.74) is 3.62. The lowest BCUT2D eigenvalue weighted by molar-refractivity contribution is 0.202. The second-order valence-electron chi connectivity index (χ2n) is 4.72. The molecule has 0 bridgehead atoms. The summed E-state index contributed by atoms with van der Waals surface area (Å²) < 4.78 is 11.4. The minimum absolute atomic E-state index is 0.729. The van der Waals surface area contributed by atoms with Crippen LogP contribution in [0.3, 0.4) is 0 Å². The van der Waals surface area contributed by atoms with Crippen LogP contribution in [0.4, 0.5) is 5.69 Å². The number of ether oxygens (including phenoxy) is 2. The maximum absolute atomic E-state index is 5.24. The zero-order valence-electron chi connectivity index (χ0n) is 12.4. The molecule has 0 spiro atoms. The minimum atomic E-state index is 0.729. The first kappa shape index (κ1) is 15.9. The van der Waals surface area contributed by atoms with Crippen molar-refractivity contribution in [1.82, 2.24) is 0 Å². The number of hydrogen-bond donors (Lipinski definition) is 1. The Morgan fingerprint density at radius 2 is 1.90 bits per heavy atom. The van der Waals surface area contributed by atoms with E-state index in [2.05, 4.69) is 51.6 Å². The Labute approximate surface area is 134 Å². The Morgan fingerprint density at radius 1 is 1.10 bits per heavy atom. The first-order chi connectivity index (χ1) is 10.2. The number of para-hydroxylation sites is 1. The van der Waals surface area contributed by atoms with Crippen LogP contribution in [0, 0.1) is 0 Å². The highest BCUT2D eigenvalue weighted by Crippen LogP contribution is 2.26. The third-order valence-corrected chi connectivity index (χ3v) is 3.91. The van der Waals surface area contributed by atoms with Crippen LogP contribution >= 0.6 is 15.9 Å². The lowest BCUT2D eigenvalue weighted by Crippen LogP contribution is -2.04. The standard InChI is InChI=1S/C17H20BrNO2/c1-20-10-9-14-5-3-4-6-16(14)19-12-13-7-8-17(21-2)15(18)11-13/h3-8,11,19H,9-10,12H2,1-2H3. The van der Waals surface area contributed by atoms with E-state index in [0.717, 1.165) is 35.5 Å². The van der Waals surface area contributed by atoms with Gasteiger partial charge in [-0.05, 0) is 51.7 Å². The van der Waals surface area contributed by atoms with Gasteiger partial charge in [0.25, 0.3) is 0 Å². The van der Waals surface area contributed by atoms with Gasteiger partial charge in [0.1, 0.15) is 5.75 Å². The molecular weight excluding hydrogens is 330 g/mol. The van der Waals surface area contributed by atoms with Crippen molar-refractivity contribution in [3.63, 3.8) is 0 Å². The van der Waals surface area contributed by atoms with Crippen molar-refractivity contribution in [3.8, 4) is 5.75 Å². The molecule has 0 heterocycles. The number of nitrogens with one attached hydrogen (secondary N) is 1. The summed E-state index contributed by atoms with van der Waals surface area (Å²) in [6, 6.07) is 14.4. The van der Waals surface area contributed by atoms with Crippen LogP contribution in [0.5, 0.6) is 5.75 Å². The molecule has 0 fully saturated rings. The molecule has 0 aliphatic carbocycles. The molecule has 0 aliphatic heterocycles. The zero-order valence-corrected chi connectivity index (χ0v) is 13.9. The van der Waals surface area contributed by atoms with Gasteiger partial charge in [0, 0.05) is 19.3 Å². The number of rotatable bonds is 7. The summed E-state index contributed by atoms with van der Waals surface area (Å²) in [6.45, 7) is 1.50. The average molecular weight is 350 g/mol. The van der Waals surface area contributed by atoms with E-state index in [9.17, 15) is 0 Å². The highest BCUT2D eigenvalue weighted by molar-refractivity contribution is 9.10. The molecule has 0 atom stereocenters. The third kappa shape index (κ3) is 4.48. The average Bonchev–Trinajstić information content (AvgIpc) is 2.52. The van der Waals surface area contributed by atoms with Gasteiger partial charge in [-0.15, -0.1) is 0 Å². The van der Waals surface area contributed by atoms with E-state index in [4.69, 9.17) is 9.47 Å². The largest absolute Gasteiger partial charge is 0.496 e. The summed E-state index contributed by atoms with van der Waals surface area (Å²) in [4.78, 5) is 0. The van der Waals surface area contributed by atoms with Gasteiger partial charge >= 0.3 is 0 Å². The van der Waals surface area contributed by atoms with E-state index in [1.54, 1.807) is 14.2 Å². The molecule has 0 saturated carbocycles. The Kier molecular flexibility index (Phi) is 6.08. The van der Waals surface area contributed by atoms with Crippen LogP contribution in [0.2, 0.25) is 0 Å². The van der Waals surface area contributed by atoms with E-state index >= 15 is 0 Å². The fourth-order valence-corrected chi connectivity index (χ4v) is 2.73. The number of benzene rings is 2. The van der Waals surface area contributed by atoms with Crippen LogP contribution in [-0.4, -0.2) is 20.8 Å². The predicted molar refractivity (Wildman–Crippen MR) is 90.0 cm³/mol. The van der Waals surface area contributed by atoms with Crippen LogP contribution in [-0.2, 0) is 17.7 Å². The van der Waals surface area contributed by atoms with Crippen LogP contribution in [0.25, 0.3) is 0 Å². The second kappa shape index (κ2) is 8.05. The van der Waals surface area contributed by atoms with Gasteiger partial charge in [0.05, 0.1) is 18.2 Å². The first-order valence-electron chi connectivity index (χ1n) is 6.87. The normalized spacial score (nSPS) is 10.4. The molecule has 21 heavy (non-hydrogen) atoms. The summed E-state index contributed by atoms with van der Waals surface area (Å²) in [5.74, 6) is 0.847. The molecule has 2 aromatic rings. The van der Waals surface area contributed by atoms with Crippen molar-refractivity contribution in [3.05, 3.63) is 58.1 Å². The highest BCUT2D eigenvalue weighted by atomic mass is 79.9. The van der Waals surface area contributed by atoms with E-state index in [-0.39, 0.29) is 0 Å². The van der Waals surface area contributed by atoms with Crippen LogP contribution in [0.1, 0.15) is 11.1 Å². The monoisotopic (exact) mass is 349 g/mol. The van der Waals surface area contributed by atoms with Gasteiger partial charge in [-0.2, -0.15) is 0 Å². The maximum atomic E-state index is 5.24. The van der Waals surface area contributed by atoms with E-state index in [1.165, 1.54) is 11.1 Å². The van der Waals surface area contributed by atoms with Crippen molar-refractivity contribution in [2.75, 3.05) is 26.1 Å². The van der Waals surface area contributed by atoms with Gasteiger partial charge in [0.2, 0.25) is 0 Å². The summed E-state index contributed by atoms with van der Waals surface area (Å²) >= 11 is 3.51. The summed E-state index contributed by atoms with van der Waals surface area (Å²) in [7, 11) is 3.40. The smallest absolute Gasteiger partial charge is 0.133 e. The van der Waals surface area contributed by atoms with Crippen molar-refractivity contribution >= 4 is 21.6 Å². The fraction of sp³-hybridized carbons (Fsp3) is 0.294. The van der Waals surface area contributed by atoms with Crippen molar-refractivity contribution in [2.24, 2.45) is 0 Å². The maximum Gasteiger partial charge on any atom is 0.133 e. The van der Waals surface area contributed by atoms with E-state index in [0.29, 0.717) is 0 Å². The Morgan fingerprint density at radius 3 is 2.62 bits per heavy atom. The molecule has 4 heteroatoms. The molecule has 0 amide bonds. The van der Waals surface area contributed by atoms with Gasteiger partial charge in [0.15, 0.2) is 0 Å². The summed E-state index contributed by atoms with van der Waals surface area (Å²) in [6.07, 6.45) is 0.909. The highest BCUT2D eigenvalue weighted by Gasteiger charge is 2.04. The Bertz CT molecular complexity index is 587. The SMILES string of the molecule is COCCc1ccccc1NCc1ccc(OC)c(Br)c1. The van der Waals surface area contributed by atoms with E-state index < -0.39 is 0 Å². The molecule has 1 N–H and O–H groups in total. The van der Waals surface area contributed by atoms with Gasteiger partial charge in [-0.25, -0.2) is 0 Å². The minimum Gasteiger partial charge on any atom is -0.496 e. The predicted octanol–water partition coefficient (Wildman–Crippen LogP) is 4.26. The van der Waals surface area contributed by atoms with Crippen molar-refractivity contribution in [2.45, 2.75) is 13.0 Å². The van der Waals surface area contributed by atoms with E-state index in [1.807, 2.05) is 12.1 Å². The second-order valence-corrected chi connectivity index (χ2v) is 5.58. The van der Waals surface area contributed by atoms with Gasteiger partial charge < -0.3 is 14.8 Å². The lowest BCUT2D eigenvalue weighted by Gasteiger charge is -2.12. The topological polar surface area (TPSA) is 30.5 Å². The Hall–Kier alpha value is -1.52. The molecule has 2 aromatic carbocycles. The summed E-state index contributed by atoms with van der Waals surface area (Å²) in [5, 5.41) is 3.49. The molecule has 112 valence electrons. The molecule has 2 rings (SSSR count). The first-order valence-corrected chi connectivity index (χ1v) is 7.67. The van der Waals surface area contributed by atoms with Gasteiger partial charge in [-0.1, -0.05) is 24.3 Å². The quantitative estimate of drug-likeness (QED) is 0.809. The molecule has 0 aromatic heterocycles. The molecular formula is C17H20BrNO2. The van der Waals surface area contributed by atoms with Crippen molar-refractivity contribution in [1.29, 1.82) is 0 Å². The number of anilines is 1. The molecule has 3 nitrogen and oxygen atoms in total. The number of methoxy groups -OCH3 is 2. The molecule has 0 radical (unpaired) electrons. The third-order valence-electron chi connectivity index (χ3n) is 3.29.